The standard InChI is InChI=1S/C58H80FN7O15/c1-13-58(37-27-43-49-35(30-66(43)51(70)36(37)31-78-54(58)73)47-41(64(11)12)17-16-34-33(4)38(59)28-39(62-49)46(34)47)80-53(72)48(32(2)3)63-50(69)42-15-14-20-65(42)52(71)40(29-45(68)79-56(5,6)7)61-44(67)18-21-75-23-25-77-26-24-76-22-19-60-55(74)81-57(8,9)10/h27-28,32,40-42,48H,13-26,29-31H2,1-12H3,(H,60,74)(H,61,67)(H,63,69)/t40-,41-,42-,48-,58-/m0/s1. The molecule has 1 saturated heterocycles. The van der Waals surface area contributed by atoms with Gasteiger partial charge >= 0.3 is 24.0 Å². The van der Waals surface area contributed by atoms with Crippen molar-refractivity contribution in [1.82, 2.24) is 35.3 Å². The van der Waals surface area contributed by atoms with Crippen molar-refractivity contribution in [3.05, 3.63) is 61.7 Å². The first kappa shape index (κ1) is 62.0. The summed E-state index contributed by atoms with van der Waals surface area (Å²) in [7, 11) is 3.96. The number of benzene rings is 1. The predicted molar refractivity (Wildman–Crippen MR) is 293 cm³/mol. The first-order chi connectivity index (χ1) is 38.2. The molecule has 2 aromatic heterocycles. The quantitative estimate of drug-likeness (QED) is 0.0505. The zero-order chi connectivity index (χ0) is 59.3. The van der Waals surface area contributed by atoms with Crippen LogP contribution in [0.25, 0.3) is 22.3 Å². The number of halogens is 1. The number of aryl methyl sites for hydroxylation is 1. The predicted octanol–water partition coefficient (Wildman–Crippen LogP) is 4.94. The number of rotatable bonds is 23. The van der Waals surface area contributed by atoms with E-state index in [0.717, 1.165) is 28.5 Å². The molecule has 7 rings (SSSR count). The van der Waals surface area contributed by atoms with Gasteiger partial charge in [0.2, 0.25) is 23.3 Å². The molecule has 1 aliphatic carbocycles. The van der Waals surface area contributed by atoms with Crippen molar-refractivity contribution in [2.45, 2.75) is 168 Å². The van der Waals surface area contributed by atoms with Gasteiger partial charge in [-0.1, -0.05) is 20.8 Å². The average Bonchev–Trinajstić information content (AvgIpc) is 4.18. The lowest BCUT2D eigenvalue weighted by Crippen LogP contribution is -2.57. The fourth-order valence-corrected chi connectivity index (χ4v) is 11.0. The van der Waals surface area contributed by atoms with Crippen molar-refractivity contribution in [2.75, 3.05) is 66.8 Å². The van der Waals surface area contributed by atoms with Crippen molar-refractivity contribution < 1.29 is 71.1 Å². The van der Waals surface area contributed by atoms with Crippen LogP contribution in [-0.4, -0.2) is 157 Å². The number of aromatic nitrogens is 2. The van der Waals surface area contributed by atoms with Gasteiger partial charge in [0.05, 0.1) is 75.1 Å². The zero-order valence-corrected chi connectivity index (χ0v) is 48.9. The zero-order valence-electron chi connectivity index (χ0n) is 48.9. The fourth-order valence-electron chi connectivity index (χ4n) is 11.0. The number of carbonyl (C=O) groups is 7. The summed E-state index contributed by atoms with van der Waals surface area (Å²) in [5.41, 5.74) is 0.647. The number of alkyl carbamates (subject to hydrolysis) is 1. The summed E-state index contributed by atoms with van der Waals surface area (Å²) in [5.74, 6) is -5.71. The maximum Gasteiger partial charge on any atom is 0.407 e. The number of pyridine rings is 2. The van der Waals surface area contributed by atoms with Gasteiger partial charge in [0.25, 0.3) is 5.56 Å². The maximum absolute atomic E-state index is 15.5. The Labute approximate surface area is 471 Å². The normalized spacial score (nSPS) is 19.1. The van der Waals surface area contributed by atoms with Crippen molar-refractivity contribution >= 4 is 52.6 Å². The van der Waals surface area contributed by atoms with Crippen LogP contribution in [-0.2, 0) is 87.1 Å². The number of hydrogen-bond acceptors (Lipinski definition) is 17. The molecule has 0 saturated carbocycles. The molecule has 23 heteroatoms. The molecule has 22 nitrogen and oxygen atoms in total. The van der Waals surface area contributed by atoms with E-state index in [1.54, 1.807) is 79.9 Å². The third-order valence-corrected chi connectivity index (χ3v) is 14.8. The van der Waals surface area contributed by atoms with Gasteiger partial charge in [-0.15, -0.1) is 0 Å². The number of amides is 4. The molecule has 5 atom stereocenters. The van der Waals surface area contributed by atoms with Crippen LogP contribution in [0.2, 0.25) is 0 Å². The van der Waals surface area contributed by atoms with E-state index in [-0.39, 0.29) is 108 Å². The van der Waals surface area contributed by atoms with Crippen LogP contribution in [0.1, 0.15) is 140 Å². The number of ether oxygens (including phenoxy) is 7. The minimum absolute atomic E-state index is 0.0394. The molecule has 1 fully saturated rings. The molecule has 4 amide bonds. The lowest BCUT2D eigenvalue weighted by Gasteiger charge is -2.37. The topological polar surface area (TPSA) is 262 Å². The van der Waals surface area contributed by atoms with E-state index >= 15 is 4.39 Å². The Bertz CT molecular complexity index is 2970. The Morgan fingerprint density at radius 1 is 0.889 bits per heavy atom. The smallest absolute Gasteiger partial charge is 0.407 e. The molecule has 0 radical (unpaired) electrons. The van der Waals surface area contributed by atoms with Gasteiger partial charge in [0.15, 0.2) is 0 Å². The highest BCUT2D eigenvalue weighted by atomic mass is 19.1. The molecular weight excluding hydrogens is 1050 g/mol. The van der Waals surface area contributed by atoms with Crippen LogP contribution in [0.15, 0.2) is 16.9 Å². The van der Waals surface area contributed by atoms with Crippen LogP contribution in [0.4, 0.5) is 9.18 Å². The Balaban J connectivity index is 1.01. The molecule has 0 spiro atoms. The van der Waals surface area contributed by atoms with Crippen molar-refractivity contribution in [3.63, 3.8) is 0 Å². The number of nitrogens with zero attached hydrogens (tertiary/aromatic N) is 4. The molecule has 5 heterocycles. The number of fused-ring (bicyclic) bond motifs is 5. The number of cyclic esters (lactones) is 1. The van der Waals surface area contributed by atoms with Crippen LogP contribution in [0.3, 0.4) is 0 Å². The maximum atomic E-state index is 15.5. The number of hydrogen-bond donors (Lipinski definition) is 3. The molecule has 3 aliphatic heterocycles. The monoisotopic (exact) mass is 1130 g/mol. The average molecular weight is 1130 g/mol. The summed E-state index contributed by atoms with van der Waals surface area (Å²) in [4.78, 5) is 119. The highest BCUT2D eigenvalue weighted by molar-refractivity contribution is 5.97. The van der Waals surface area contributed by atoms with Crippen LogP contribution in [0.5, 0.6) is 0 Å². The van der Waals surface area contributed by atoms with Gasteiger partial charge < -0.3 is 63.5 Å². The number of nitrogens with one attached hydrogen (secondary N) is 3. The third-order valence-electron chi connectivity index (χ3n) is 14.8. The molecule has 3 aromatic rings. The van der Waals surface area contributed by atoms with Crippen molar-refractivity contribution in [3.8, 4) is 11.4 Å². The summed E-state index contributed by atoms with van der Waals surface area (Å²) < 4.78 is 56.2. The molecule has 4 aliphatic rings. The molecule has 0 bridgehead atoms. The fraction of sp³-hybridized carbons (Fsp3) is 0.638. The minimum atomic E-state index is -2.13. The Hall–Kier alpha value is -6.56. The first-order valence-electron chi connectivity index (χ1n) is 28.0. The Morgan fingerprint density at radius 2 is 1.56 bits per heavy atom. The van der Waals surface area contributed by atoms with E-state index in [0.29, 0.717) is 35.3 Å². The van der Waals surface area contributed by atoms with Gasteiger partial charge in [0.1, 0.15) is 41.8 Å². The second-order valence-corrected chi connectivity index (χ2v) is 23.6. The lowest BCUT2D eigenvalue weighted by atomic mass is 9.81. The molecule has 1 aromatic carbocycles. The van der Waals surface area contributed by atoms with E-state index in [2.05, 4.69) is 20.9 Å². The Morgan fingerprint density at radius 3 is 2.20 bits per heavy atom. The summed E-state index contributed by atoms with van der Waals surface area (Å²) in [6.45, 7) is 18.3. The van der Waals surface area contributed by atoms with Crippen molar-refractivity contribution in [1.29, 1.82) is 0 Å². The van der Waals surface area contributed by atoms with E-state index in [1.807, 2.05) is 14.1 Å². The summed E-state index contributed by atoms with van der Waals surface area (Å²) >= 11 is 0. The summed E-state index contributed by atoms with van der Waals surface area (Å²) in [6, 6.07) is -0.927. The number of esters is 3. The second kappa shape index (κ2) is 25.7. The molecule has 444 valence electrons. The van der Waals surface area contributed by atoms with E-state index < -0.39 is 94.5 Å². The van der Waals surface area contributed by atoms with Crippen LogP contribution < -0.4 is 21.5 Å². The molecule has 0 unspecified atom stereocenters. The van der Waals surface area contributed by atoms with E-state index in [9.17, 15) is 38.4 Å². The van der Waals surface area contributed by atoms with E-state index in [1.165, 1.54) is 11.0 Å². The number of likely N-dealkylation sites (tertiary alicyclic amines) is 1. The summed E-state index contributed by atoms with van der Waals surface area (Å²) in [6.07, 6.45) is 0.530. The summed E-state index contributed by atoms with van der Waals surface area (Å²) in [5, 5.41) is 8.87. The van der Waals surface area contributed by atoms with Gasteiger partial charge in [-0.3, -0.25) is 24.0 Å². The van der Waals surface area contributed by atoms with Gasteiger partial charge in [0, 0.05) is 48.1 Å². The molecular formula is C58H80FN7O15. The third kappa shape index (κ3) is 14.2. The van der Waals surface area contributed by atoms with Crippen LogP contribution >= 0.6 is 0 Å². The van der Waals surface area contributed by atoms with E-state index in [4.69, 9.17) is 38.1 Å². The largest absolute Gasteiger partial charge is 0.460 e. The van der Waals surface area contributed by atoms with Crippen molar-refractivity contribution in [2.24, 2.45) is 5.92 Å². The molecule has 81 heavy (non-hydrogen) atoms. The molecule has 3 N–H and O–H groups in total. The van der Waals surface area contributed by atoms with Gasteiger partial charge in [-0.2, -0.15) is 0 Å². The highest BCUT2D eigenvalue weighted by Crippen LogP contribution is 2.47. The Kier molecular flexibility index (Phi) is 19.7. The number of carbonyl (C=O) groups excluding carboxylic acids is 7. The minimum Gasteiger partial charge on any atom is -0.460 e. The second-order valence-electron chi connectivity index (χ2n) is 23.6. The van der Waals surface area contributed by atoms with Gasteiger partial charge in [-0.05, 0) is 123 Å². The van der Waals surface area contributed by atoms with Gasteiger partial charge in [-0.25, -0.2) is 23.8 Å². The first-order valence-corrected chi connectivity index (χ1v) is 28.0. The SMILES string of the molecule is CC[C@@]1(OC(=O)[C@@H](NC(=O)[C@@H]2CCCN2C(=O)[C@H](CC(=O)OC(C)(C)C)NC(=O)CCOCCOCCOCCNC(=O)OC(C)(C)C)C(C)C)C(=O)OCc2c1cc1n(c2=O)Cc2c-1nc1cc(F)c(C)c3c1c2[C@@H](N(C)C)CC3. The van der Waals surface area contributed by atoms with Crippen LogP contribution in [0, 0.1) is 18.7 Å². The highest BCUT2D eigenvalue weighted by Gasteiger charge is 2.52. The lowest BCUT2D eigenvalue weighted by molar-refractivity contribution is -0.191.